The minimum atomic E-state index is -0.367. The SMILES string of the molecule is CC(NC1=NCC2(CO)COCCN12)c1ccns1. The molecule has 1 fully saturated rings. The van der Waals surface area contributed by atoms with E-state index in [1.807, 2.05) is 6.07 Å². The molecule has 104 valence electrons. The first-order valence-corrected chi connectivity index (χ1v) is 7.20. The number of morpholine rings is 1. The predicted octanol–water partition coefficient (Wildman–Crippen LogP) is 0.227. The van der Waals surface area contributed by atoms with Gasteiger partial charge in [0.2, 0.25) is 0 Å². The Bertz CT molecular complexity index is 464. The van der Waals surface area contributed by atoms with Crippen LogP contribution >= 0.6 is 11.5 Å². The first-order chi connectivity index (χ1) is 9.25. The van der Waals surface area contributed by atoms with Gasteiger partial charge in [0.05, 0.1) is 32.4 Å². The van der Waals surface area contributed by atoms with Crippen LogP contribution in [0.15, 0.2) is 17.3 Å². The summed E-state index contributed by atoms with van der Waals surface area (Å²) in [5.41, 5.74) is -0.367. The van der Waals surface area contributed by atoms with Crippen molar-refractivity contribution in [2.24, 2.45) is 4.99 Å². The lowest BCUT2D eigenvalue weighted by molar-refractivity contribution is -0.0468. The van der Waals surface area contributed by atoms with Gasteiger partial charge < -0.3 is 20.1 Å². The molecule has 0 aliphatic carbocycles. The number of rotatable bonds is 3. The molecule has 0 saturated carbocycles. The molecular weight excluding hydrogens is 264 g/mol. The summed E-state index contributed by atoms with van der Waals surface area (Å²) in [6.07, 6.45) is 1.81. The van der Waals surface area contributed by atoms with Gasteiger partial charge in [0.25, 0.3) is 0 Å². The van der Waals surface area contributed by atoms with Crippen molar-refractivity contribution < 1.29 is 9.84 Å². The summed E-state index contributed by atoms with van der Waals surface area (Å²) >= 11 is 1.49. The smallest absolute Gasteiger partial charge is 0.195 e. The molecule has 1 aromatic heterocycles. The molecule has 2 aliphatic rings. The Hall–Kier alpha value is -1.18. The first-order valence-electron chi connectivity index (χ1n) is 6.43. The molecule has 7 heteroatoms. The Morgan fingerprint density at radius 2 is 2.58 bits per heavy atom. The minimum absolute atomic E-state index is 0.0661. The van der Waals surface area contributed by atoms with Crippen LogP contribution in [0.2, 0.25) is 0 Å². The van der Waals surface area contributed by atoms with Gasteiger partial charge in [-0.2, -0.15) is 0 Å². The number of hydrogen-bond donors (Lipinski definition) is 2. The summed E-state index contributed by atoms with van der Waals surface area (Å²) in [4.78, 5) is 7.87. The fraction of sp³-hybridized carbons (Fsp3) is 0.667. The fourth-order valence-electron chi connectivity index (χ4n) is 2.52. The van der Waals surface area contributed by atoms with Gasteiger partial charge in [0, 0.05) is 17.6 Å². The maximum absolute atomic E-state index is 9.66. The fourth-order valence-corrected chi connectivity index (χ4v) is 3.10. The third-order valence-electron chi connectivity index (χ3n) is 3.71. The second-order valence-corrected chi connectivity index (χ2v) is 5.87. The van der Waals surface area contributed by atoms with Crippen LogP contribution in [0.3, 0.4) is 0 Å². The van der Waals surface area contributed by atoms with Gasteiger partial charge in [-0.1, -0.05) is 0 Å². The molecule has 2 atom stereocenters. The minimum Gasteiger partial charge on any atom is -0.394 e. The molecular formula is C12H18N4O2S. The summed E-state index contributed by atoms with van der Waals surface area (Å²) in [5.74, 6) is 0.859. The monoisotopic (exact) mass is 282 g/mol. The van der Waals surface area contributed by atoms with Crippen molar-refractivity contribution in [3.63, 3.8) is 0 Å². The van der Waals surface area contributed by atoms with Gasteiger partial charge in [-0.3, -0.25) is 4.99 Å². The van der Waals surface area contributed by atoms with Crippen molar-refractivity contribution in [3.05, 3.63) is 17.1 Å². The maximum Gasteiger partial charge on any atom is 0.195 e. The van der Waals surface area contributed by atoms with Crippen molar-refractivity contribution in [1.82, 2.24) is 14.6 Å². The van der Waals surface area contributed by atoms with E-state index in [0.29, 0.717) is 19.8 Å². The average Bonchev–Trinajstić information content (AvgIpc) is 3.07. The highest BCUT2D eigenvalue weighted by Gasteiger charge is 2.45. The highest BCUT2D eigenvalue weighted by molar-refractivity contribution is 7.05. The Balaban J connectivity index is 1.72. The topological polar surface area (TPSA) is 70.0 Å². The summed E-state index contributed by atoms with van der Waals surface area (Å²) < 4.78 is 9.61. The van der Waals surface area contributed by atoms with Gasteiger partial charge in [0.1, 0.15) is 5.54 Å². The van der Waals surface area contributed by atoms with Gasteiger partial charge >= 0.3 is 0 Å². The van der Waals surface area contributed by atoms with Crippen molar-refractivity contribution >= 4 is 17.5 Å². The van der Waals surface area contributed by atoms with Crippen molar-refractivity contribution in [2.75, 3.05) is 32.9 Å². The quantitative estimate of drug-likeness (QED) is 0.830. The number of aromatic nitrogens is 1. The van der Waals surface area contributed by atoms with E-state index >= 15 is 0 Å². The van der Waals surface area contributed by atoms with E-state index < -0.39 is 0 Å². The highest BCUT2D eigenvalue weighted by Crippen LogP contribution is 2.27. The van der Waals surface area contributed by atoms with Crippen LogP contribution in [0.1, 0.15) is 17.8 Å². The van der Waals surface area contributed by atoms with Crippen molar-refractivity contribution in [1.29, 1.82) is 0 Å². The van der Waals surface area contributed by atoms with Crippen LogP contribution in [-0.2, 0) is 4.74 Å². The lowest BCUT2D eigenvalue weighted by Gasteiger charge is -2.42. The van der Waals surface area contributed by atoms with Gasteiger partial charge in [-0.25, -0.2) is 4.37 Å². The number of guanidine groups is 1. The number of nitrogens with zero attached hydrogens (tertiary/aromatic N) is 3. The first kappa shape index (κ1) is 12.8. The molecule has 2 unspecified atom stereocenters. The molecule has 2 aliphatic heterocycles. The summed E-state index contributed by atoms with van der Waals surface area (Å²) in [6, 6.07) is 2.18. The zero-order valence-electron chi connectivity index (χ0n) is 10.9. The zero-order valence-corrected chi connectivity index (χ0v) is 11.7. The molecule has 6 nitrogen and oxygen atoms in total. The third kappa shape index (κ3) is 2.22. The van der Waals surface area contributed by atoms with Crippen molar-refractivity contribution in [2.45, 2.75) is 18.5 Å². The number of ether oxygens (including phenoxy) is 1. The molecule has 2 N–H and O–H groups in total. The number of fused-ring (bicyclic) bond motifs is 1. The number of aliphatic hydroxyl groups excluding tert-OH is 1. The second kappa shape index (κ2) is 5.07. The Morgan fingerprint density at radius 3 is 3.32 bits per heavy atom. The molecule has 0 radical (unpaired) electrons. The molecule has 0 amide bonds. The van der Waals surface area contributed by atoms with Crippen LogP contribution in [0.5, 0.6) is 0 Å². The van der Waals surface area contributed by atoms with Crippen molar-refractivity contribution in [3.8, 4) is 0 Å². The van der Waals surface area contributed by atoms with E-state index in [1.165, 1.54) is 16.4 Å². The van der Waals surface area contributed by atoms with E-state index in [9.17, 15) is 5.11 Å². The number of hydrogen-bond acceptors (Lipinski definition) is 7. The van der Waals surface area contributed by atoms with Crippen LogP contribution in [0.25, 0.3) is 0 Å². The van der Waals surface area contributed by atoms with E-state index in [1.54, 1.807) is 6.20 Å². The molecule has 0 spiro atoms. The molecule has 0 bridgehead atoms. The number of aliphatic imine (C=N–C) groups is 1. The van der Waals surface area contributed by atoms with Crippen LogP contribution in [0, 0.1) is 0 Å². The molecule has 1 aromatic rings. The number of aliphatic hydroxyl groups is 1. The van der Waals surface area contributed by atoms with Gasteiger partial charge in [-0.15, -0.1) is 0 Å². The molecule has 0 aromatic carbocycles. The summed E-state index contributed by atoms with van der Waals surface area (Å²) in [5, 5.41) is 13.1. The molecule has 1 saturated heterocycles. The maximum atomic E-state index is 9.66. The van der Waals surface area contributed by atoms with E-state index in [0.717, 1.165) is 12.5 Å². The summed E-state index contributed by atoms with van der Waals surface area (Å²) in [7, 11) is 0. The van der Waals surface area contributed by atoms with E-state index in [4.69, 9.17) is 4.74 Å². The predicted molar refractivity (Wildman–Crippen MR) is 73.3 cm³/mol. The van der Waals surface area contributed by atoms with E-state index in [2.05, 4.69) is 26.5 Å². The summed E-state index contributed by atoms with van der Waals surface area (Å²) in [6.45, 7) is 4.72. The highest BCUT2D eigenvalue weighted by atomic mass is 32.1. The lowest BCUT2D eigenvalue weighted by Crippen LogP contribution is -2.61. The largest absolute Gasteiger partial charge is 0.394 e. The Labute approximate surface area is 116 Å². The average molecular weight is 282 g/mol. The lowest BCUT2D eigenvalue weighted by atomic mass is 10.00. The second-order valence-electron chi connectivity index (χ2n) is 5.01. The molecule has 3 heterocycles. The molecule has 19 heavy (non-hydrogen) atoms. The van der Waals surface area contributed by atoms with Gasteiger partial charge in [-0.05, 0) is 24.5 Å². The van der Waals surface area contributed by atoms with Crippen LogP contribution < -0.4 is 5.32 Å². The van der Waals surface area contributed by atoms with Gasteiger partial charge in [0.15, 0.2) is 5.96 Å². The molecule has 3 rings (SSSR count). The van der Waals surface area contributed by atoms with E-state index in [-0.39, 0.29) is 18.2 Å². The van der Waals surface area contributed by atoms with Crippen LogP contribution in [0.4, 0.5) is 0 Å². The Morgan fingerprint density at radius 1 is 1.68 bits per heavy atom. The number of nitrogens with one attached hydrogen (secondary N) is 1. The van der Waals surface area contributed by atoms with Crippen LogP contribution in [-0.4, -0.2) is 58.8 Å². The zero-order chi connectivity index (χ0) is 13.3. The standard InChI is InChI=1S/C12H18N4O2S/c1-9(10-2-3-14-19-10)15-11-13-6-12(7-17)8-18-5-4-16(11)12/h2-3,9,17H,4-8H2,1H3,(H,13,15). The normalized spacial score (nSPS) is 27.9. The third-order valence-corrected chi connectivity index (χ3v) is 4.63. The Kier molecular flexibility index (Phi) is 3.42.